The van der Waals surface area contributed by atoms with Crippen LogP contribution < -0.4 is 10.1 Å². The van der Waals surface area contributed by atoms with E-state index in [1.807, 2.05) is 12.1 Å². The molecule has 7 heteroatoms. The van der Waals surface area contributed by atoms with Crippen molar-refractivity contribution in [3.05, 3.63) is 29.8 Å². The van der Waals surface area contributed by atoms with Gasteiger partial charge >= 0.3 is 7.82 Å². The summed E-state index contributed by atoms with van der Waals surface area (Å²) in [7, 11) is -4.41. The Morgan fingerprint density at radius 2 is 1.88 bits per heavy atom. The molecule has 2 atom stereocenters. The molecule has 1 aromatic carbocycles. The molecule has 0 aromatic heterocycles. The molecular weight excluding hydrogens is 341 g/mol. The van der Waals surface area contributed by atoms with Gasteiger partial charge in [-0.25, -0.2) is 4.57 Å². The summed E-state index contributed by atoms with van der Waals surface area (Å²) in [4.78, 5) is 17.5. The van der Waals surface area contributed by atoms with Crippen molar-refractivity contribution in [2.75, 3.05) is 13.2 Å². The smallest absolute Gasteiger partial charge is 0.469 e. The molecule has 0 radical (unpaired) electrons. The lowest BCUT2D eigenvalue weighted by atomic mass is 10.1. The summed E-state index contributed by atoms with van der Waals surface area (Å²) in [5, 5.41) is 3.16. The molecule has 1 aromatic rings. The molecule has 1 aliphatic rings. The highest BCUT2D eigenvalue weighted by molar-refractivity contribution is 7.46. The zero-order chi connectivity index (χ0) is 18.1. The lowest BCUT2D eigenvalue weighted by Crippen LogP contribution is -2.26. The van der Waals surface area contributed by atoms with Crippen molar-refractivity contribution >= 4 is 7.82 Å². The molecule has 3 N–H and O–H groups in total. The number of aryl methyl sites for hydroxylation is 1. The molecular formula is C18H30NO5P. The SMILES string of the molecule is CCCCCCCc1ccc(O[C@H]2CN[C@H](COP(=O)(O)O)C2)cc1. The fourth-order valence-electron chi connectivity index (χ4n) is 3.05. The van der Waals surface area contributed by atoms with Crippen LogP contribution in [0.3, 0.4) is 0 Å². The minimum Gasteiger partial charge on any atom is -0.489 e. The molecule has 2 rings (SSSR count). The summed E-state index contributed by atoms with van der Waals surface area (Å²) in [5.41, 5.74) is 1.33. The molecule has 1 aliphatic heterocycles. The first-order valence-corrected chi connectivity index (χ1v) is 10.7. The Kier molecular flexibility index (Phi) is 8.40. The summed E-state index contributed by atoms with van der Waals surface area (Å²) in [6.45, 7) is 2.86. The van der Waals surface area contributed by atoms with Gasteiger partial charge in [0.1, 0.15) is 11.9 Å². The molecule has 142 valence electrons. The van der Waals surface area contributed by atoms with E-state index in [9.17, 15) is 4.57 Å². The number of phosphoric acid groups is 1. The van der Waals surface area contributed by atoms with Crippen LogP contribution in [0.4, 0.5) is 0 Å². The monoisotopic (exact) mass is 371 g/mol. The van der Waals surface area contributed by atoms with Crippen molar-refractivity contribution in [2.45, 2.75) is 64.0 Å². The highest BCUT2D eigenvalue weighted by atomic mass is 31.2. The normalized spacial score (nSPS) is 20.8. The van der Waals surface area contributed by atoms with E-state index in [0.717, 1.165) is 12.2 Å². The number of rotatable bonds is 11. The van der Waals surface area contributed by atoms with E-state index in [4.69, 9.17) is 14.5 Å². The van der Waals surface area contributed by atoms with Gasteiger partial charge in [-0.2, -0.15) is 0 Å². The Labute approximate surface area is 150 Å². The van der Waals surface area contributed by atoms with E-state index in [1.165, 1.54) is 37.7 Å². The van der Waals surface area contributed by atoms with Crippen LogP contribution in [0, 0.1) is 0 Å². The zero-order valence-electron chi connectivity index (χ0n) is 14.9. The van der Waals surface area contributed by atoms with Crippen LogP contribution in [0.5, 0.6) is 5.75 Å². The van der Waals surface area contributed by atoms with Crippen LogP contribution >= 0.6 is 7.82 Å². The van der Waals surface area contributed by atoms with Crippen LogP contribution in [0.25, 0.3) is 0 Å². The van der Waals surface area contributed by atoms with E-state index in [-0.39, 0.29) is 18.8 Å². The Morgan fingerprint density at radius 3 is 2.56 bits per heavy atom. The van der Waals surface area contributed by atoms with Gasteiger partial charge < -0.3 is 19.8 Å². The van der Waals surface area contributed by atoms with E-state index in [0.29, 0.717) is 13.0 Å². The Hall–Kier alpha value is -0.910. The van der Waals surface area contributed by atoms with Crippen molar-refractivity contribution in [3.8, 4) is 5.75 Å². The highest BCUT2D eigenvalue weighted by Gasteiger charge is 2.28. The predicted octanol–water partition coefficient (Wildman–Crippen LogP) is 3.42. The molecule has 0 unspecified atom stereocenters. The molecule has 0 aliphatic carbocycles. The number of nitrogens with one attached hydrogen (secondary N) is 1. The minimum atomic E-state index is -4.41. The van der Waals surface area contributed by atoms with Gasteiger partial charge in [-0.3, -0.25) is 4.52 Å². The summed E-state index contributed by atoms with van der Waals surface area (Å²) in [6, 6.07) is 8.14. The second-order valence-electron chi connectivity index (χ2n) is 6.68. The average molecular weight is 371 g/mol. The lowest BCUT2D eigenvalue weighted by Gasteiger charge is -2.14. The van der Waals surface area contributed by atoms with Crippen LogP contribution in [0.1, 0.15) is 51.0 Å². The number of unbranched alkanes of at least 4 members (excludes halogenated alkanes) is 4. The molecule has 0 saturated carbocycles. The first-order valence-electron chi connectivity index (χ1n) is 9.15. The van der Waals surface area contributed by atoms with Crippen LogP contribution in [0.15, 0.2) is 24.3 Å². The van der Waals surface area contributed by atoms with Crippen molar-refractivity contribution in [2.24, 2.45) is 0 Å². The van der Waals surface area contributed by atoms with Gasteiger partial charge in [0, 0.05) is 19.0 Å². The fourth-order valence-corrected chi connectivity index (χ4v) is 3.42. The standard InChI is InChI=1S/C18H30NO5P/c1-2-3-4-5-6-7-15-8-10-17(11-9-15)24-18-12-16(19-13-18)14-23-25(20,21)22/h8-11,16,18-19H,2-7,12-14H2,1H3,(H2,20,21,22)/t16-,18+/m0/s1. The number of hydrogen-bond donors (Lipinski definition) is 3. The maximum absolute atomic E-state index is 10.7. The van der Waals surface area contributed by atoms with Crippen molar-refractivity contribution in [3.63, 3.8) is 0 Å². The number of hydrogen-bond acceptors (Lipinski definition) is 4. The third-order valence-corrected chi connectivity index (χ3v) is 4.91. The Morgan fingerprint density at radius 1 is 1.16 bits per heavy atom. The summed E-state index contributed by atoms with van der Waals surface area (Å²) in [6.07, 6.45) is 8.20. The van der Waals surface area contributed by atoms with Gasteiger partial charge in [-0.05, 0) is 30.5 Å². The van der Waals surface area contributed by atoms with Gasteiger partial charge in [0.05, 0.1) is 6.61 Å². The first-order chi connectivity index (χ1) is 12.0. The van der Waals surface area contributed by atoms with Gasteiger partial charge in [-0.1, -0.05) is 44.7 Å². The van der Waals surface area contributed by atoms with E-state index < -0.39 is 7.82 Å². The van der Waals surface area contributed by atoms with Crippen LogP contribution in [-0.4, -0.2) is 35.1 Å². The van der Waals surface area contributed by atoms with Crippen molar-refractivity contribution < 1.29 is 23.6 Å². The second kappa shape index (κ2) is 10.3. The van der Waals surface area contributed by atoms with Gasteiger partial charge in [0.15, 0.2) is 0 Å². The van der Waals surface area contributed by atoms with E-state index in [2.05, 4.69) is 28.9 Å². The summed E-state index contributed by atoms with van der Waals surface area (Å²) < 4.78 is 21.2. The van der Waals surface area contributed by atoms with Crippen molar-refractivity contribution in [1.29, 1.82) is 0 Å². The Balaban J connectivity index is 1.68. The van der Waals surface area contributed by atoms with Gasteiger partial charge in [0.25, 0.3) is 0 Å². The molecule has 1 fully saturated rings. The third-order valence-electron chi connectivity index (χ3n) is 4.42. The van der Waals surface area contributed by atoms with Crippen LogP contribution in [-0.2, 0) is 15.5 Å². The number of ether oxygens (including phenoxy) is 1. The molecule has 1 saturated heterocycles. The number of phosphoric ester groups is 1. The molecule has 0 spiro atoms. The second-order valence-corrected chi connectivity index (χ2v) is 7.91. The van der Waals surface area contributed by atoms with Gasteiger partial charge in [-0.15, -0.1) is 0 Å². The van der Waals surface area contributed by atoms with Crippen LogP contribution in [0.2, 0.25) is 0 Å². The fraction of sp³-hybridized carbons (Fsp3) is 0.667. The highest BCUT2D eigenvalue weighted by Crippen LogP contribution is 2.36. The van der Waals surface area contributed by atoms with Crippen molar-refractivity contribution in [1.82, 2.24) is 5.32 Å². The molecule has 1 heterocycles. The summed E-state index contributed by atoms with van der Waals surface area (Å²) >= 11 is 0. The quantitative estimate of drug-likeness (QED) is 0.408. The molecule has 6 nitrogen and oxygen atoms in total. The van der Waals surface area contributed by atoms with Gasteiger partial charge in [0.2, 0.25) is 0 Å². The lowest BCUT2D eigenvalue weighted by molar-refractivity contribution is 0.173. The topological polar surface area (TPSA) is 88.0 Å². The average Bonchev–Trinajstić information content (AvgIpc) is 3.01. The first kappa shape index (κ1) is 20.4. The molecule has 25 heavy (non-hydrogen) atoms. The van der Waals surface area contributed by atoms with E-state index in [1.54, 1.807) is 0 Å². The third kappa shape index (κ3) is 8.34. The maximum Gasteiger partial charge on any atom is 0.469 e. The summed E-state index contributed by atoms with van der Waals surface area (Å²) in [5.74, 6) is 0.832. The maximum atomic E-state index is 10.7. The zero-order valence-corrected chi connectivity index (χ0v) is 15.8. The largest absolute Gasteiger partial charge is 0.489 e. The predicted molar refractivity (Wildman–Crippen MR) is 97.7 cm³/mol. The number of benzene rings is 1. The molecule has 0 bridgehead atoms. The van der Waals surface area contributed by atoms with E-state index >= 15 is 0 Å². The molecule has 0 amide bonds. The Bertz CT molecular complexity index is 545. The minimum absolute atomic E-state index is 0.00901.